The number of nitrogens with two attached hydrogens (primary N) is 2. The summed E-state index contributed by atoms with van der Waals surface area (Å²) in [5.74, 6) is 0.319. The van der Waals surface area contributed by atoms with Crippen molar-refractivity contribution in [2.75, 3.05) is 13.7 Å². The summed E-state index contributed by atoms with van der Waals surface area (Å²) in [6, 6.07) is 7.01. The van der Waals surface area contributed by atoms with Gasteiger partial charge in [-0.05, 0) is 17.7 Å². The summed E-state index contributed by atoms with van der Waals surface area (Å²) in [4.78, 5) is 10.7. The van der Waals surface area contributed by atoms with Crippen LogP contribution in [0.3, 0.4) is 0 Å². The summed E-state index contributed by atoms with van der Waals surface area (Å²) in [7, 11) is 1.62. The molecule has 0 aliphatic carbocycles. The van der Waals surface area contributed by atoms with Crippen LogP contribution >= 0.6 is 0 Å². The second kappa shape index (κ2) is 6.09. The average Bonchev–Trinajstić information content (AvgIpc) is 2.29. The Morgan fingerprint density at radius 2 is 2.06 bits per heavy atom. The molecular formula is C11H17N3O2. The van der Waals surface area contributed by atoms with Crippen LogP contribution in [0.5, 0.6) is 5.75 Å². The second-order valence-electron chi connectivity index (χ2n) is 3.49. The van der Waals surface area contributed by atoms with Gasteiger partial charge in [-0.25, -0.2) is 0 Å². The van der Waals surface area contributed by atoms with Crippen LogP contribution in [0.2, 0.25) is 0 Å². The first-order chi connectivity index (χ1) is 7.63. The van der Waals surface area contributed by atoms with Gasteiger partial charge >= 0.3 is 0 Å². The Hall–Kier alpha value is -1.59. The molecular weight excluding hydrogens is 206 g/mol. The summed E-state index contributed by atoms with van der Waals surface area (Å²) in [6.07, 6.45) is 0. The van der Waals surface area contributed by atoms with E-state index in [1.54, 1.807) is 7.11 Å². The highest BCUT2D eigenvalue weighted by molar-refractivity contribution is 5.79. The molecule has 1 amide bonds. The van der Waals surface area contributed by atoms with E-state index in [0.717, 1.165) is 11.3 Å². The van der Waals surface area contributed by atoms with Gasteiger partial charge in [0.15, 0.2) is 0 Å². The number of hydrogen-bond donors (Lipinski definition) is 3. The van der Waals surface area contributed by atoms with Crippen LogP contribution in [0.15, 0.2) is 24.3 Å². The zero-order chi connectivity index (χ0) is 12.0. The van der Waals surface area contributed by atoms with E-state index in [0.29, 0.717) is 13.1 Å². The maximum absolute atomic E-state index is 10.7. The molecule has 1 aromatic rings. The van der Waals surface area contributed by atoms with Crippen LogP contribution in [-0.2, 0) is 11.3 Å². The van der Waals surface area contributed by atoms with Gasteiger partial charge < -0.3 is 21.5 Å². The van der Waals surface area contributed by atoms with Crippen LogP contribution in [0.4, 0.5) is 0 Å². The van der Waals surface area contributed by atoms with E-state index in [1.807, 2.05) is 24.3 Å². The van der Waals surface area contributed by atoms with E-state index >= 15 is 0 Å². The highest BCUT2D eigenvalue weighted by Crippen LogP contribution is 2.10. The smallest absolute Gasteiger partial charge is 0.235 e. The number of ether oxygens (including phenoxy) is 1. The van der Waals surface area contributed by atoms with Gasteiger partial charge in [-0.3, -0.25) is 4.79 Å². The molecule has 5 heteroatoms. The normalized spacial score (nSPS) is 12.1. The Bertz CT molecular complexity index is 338. The van der Waals surface area contributed by atoms with E-state index in [9.17, 15) is 4.79 Å². The third-order valence-electron chi connectivity index (χ3n) is 2.22. The maximum Gasteiger partial charge on any atom is 0.235 e. The number of benzene rings is 1. The molecule has 5 N–H and O–H groups in total. The highest BCUT2D eigenvalue weighted by atomic mass is 16.5. The third-order valence-corrected chi connectivity index (χ3v) is 2.22. The first kappa shape index (κ1) is 12.5. The number of amides is 1. The molecule has 0 radical (unpaired) electrons. The van der Waals surface area contributed by atoms with Gasteiger partial charge in [0, 0.05) is 13.1 Å². The Morgan fingerprint density at radius 3 is 2.56 bits per heavy atom. The molecule has 0 aliphatic rings. The van der Waals surface area contributed by atoms with Crippen molar-refractivity contribution in [3.63, 3.8) is 0 Å². The number of rotatable bonds is 6. The van der Waals surface area contributed by atoms with Crippen molar-refractivity contribution in [1.29, 1.82) is 0 Å². The molecule has 1 rings (SSSR count). The zero-order valence-electron chi connectivity index (χ0n) is 9.27. The Balaban J connectivity index is 2.34. The van der Waals surface area contributed by atoms with Gasteiger partial charge in [-0.1, -0.05) is 12.1 Å². The number of carbonyl (C=O) groups is 1. The van der Waals surface area contributed by atoms with Gasteiger partial charge in [0.1, 0.15) is 5.75 Å². The average molecular weight is 223 g/mol. The van der Waals surface area contributed by atoms with E-state index < -0.39 is 11.9 Å². The van der Waals surface area contributed by atoms with Crippen LogP contribution in [0.25, 0.3) is 0 Å². The fraction of sp³-hybridized carbons (Fsp3) is 0.364. The lowest BCUT2D eigenvalue weighted by atomic mass is 10.2. The lowest BCUT2D eigenvalue weighted by Gasteiger charge is -2.09. The molecule has 0 saturated heterocycles. The van der Waals surface area contributed by atoms with Crippen LogP contribution in [0, 0.1) is 0 Å². The van der Waals surface area contributed by atoms with E-state index in [-0.39, 0.29) is 0 Å². The number of carbonyl (C=O) groups excluding carboxylic acids is 1. The Kier molecular flexibility index (Phi) is 4.75. The van der Waals surface area contributed by atoms with Gasteiger partial charge in [-0.2, -0.15) is 0 Å². The molecule has 0 fully saturated rings. The molecule has 88 valence electrons. The largest absolute Gasteiger partial charge is 0.497 e. The number of primary amides is 1. The minimum Gasteiger partial charge on any atom is -0.497 e. The molecule has 1 unspecified atom stereocenters. The summed E-state index contributed by atoms with van der Waals surface area (Å²) < 4.78 is 5.04. The summed E-state index contributed by atoms with van der Waals surface area (Å²) in [6.45, 7) is 1.02. The van der Waals surface area contributed by atoms with E-state index in [2.05, 4.69) is 5.32 Å². The molecule has 16 heavy (non-hydrogen) atoms. The van der Waals surface area contributed by atoms with Gasteiger partial charge in [0.25, 0.3) is 0 Å². The minimum atomic E-state index is -0.641. The van der Waals surface area contributed by atoms with Crippen molar-refractivity contribution in [1.82, 2.24) is 5.32 Å². The lowest BCUT2D eigenvalue weighted by molar-refractivity contribution is -0.119. The quantitative estimate of drug-likeness (QED) is 0.612. The molecule has 0 bridgehead atoms. The SMILES string of the molecule is COc1ccc(CNCC(N)C(N)=O)cc1. The Morgan fingerprint density at radius 1 is 1.44 bits per heavy atom. The molecule has 1 atom stereocenters. The van der Waals surface area contributed by atoms with E-state index in [4.69, 9.17) is 16.2 Å². The number of methoxy groups -OCH3 is 1. The van der Waals surface area contributed by atoms with Gasteiger partial charge in [0.05, 0.1) is 13.2 Å². The zero-order valence-corrected chi connectivity index (χ0v) is 9.27. The number of nitrogens with one attached hydrogen (secondary N) is 1. The molecule has 0 saturated carbocycles. The summed E-state index contributed by atoms with van der Waals surface area (Å²) in [5, 5.41) is 3.05. The second-order valence-corrected chi connectivity index (χ2v) is 3.49. The fourth-order valence-electron chi connectivity index (χ4n) is 1.22. The molecule has 0 heterocycles. The molecule has 1 aromatic carbocycles. The van der Waals surface area contributed by atoms with Crippen molar-refractivity contribution < 1.29 is 9.53 Å². The first-order valence-electron chi connectivity index (χ1n) is 5.02. The monoisotopic (exact) mass is 223 g/mol. The maximum atomic E-state index is 10.7. The topological polar surface area (TPSA) is 90.4 Å². The van der Waals surface area contributed by atoms with Gasteiger partial charge in [0.2, 0.25) is 5.91 Å². The summed E-state index contributed by atoms with van der Waals surface area (Å²) in [5.41, 5.74) is 11.6. The Labute approximate surface area is 94.8 Å². The minimum absolute atomic E-state index is 0.376. The van der Waals surface area contributed by atoms with Crippen molar-refractivity contribution >= 4 is 5.91 Å². The third kappa shape index (κ3) is 3.88. The lowest BCUT2D eigenvalue weighted by Crippen LogP contribution is -2.44. The highest BCUT2D eigenvalue weighted by Gasteiger charge is 2.07. The van der Waals surface area contributed by atoms with E-state index in [1.165, 1.54) is 0 Å². The molecule has 0 aromatic heterocycles. The van der Waals surface area contributed by atoms with Crippen molar-refractivity contribution in [3.05, 3.63) is 29.8 Å². The number of hydrogen-bond acceptors (Lipinski definition) is 4. The first-order valence-corrected chi connectivity index (χ1v) is 5.02. The predicted molar refractivity (Wildman–Crippen MR) is 61.9 cm³/mol. The predicted octanol–water partition coefficient (Wildman–Crippen LogP) is -0.403. The van der Waals surface area contributed by atoms with Crippen molar-refractivity contribution in [2.45, 2.75) is 12.6 Å². The van der Waals surface area contributed by atoms with Crippen LogP contribution < -0.4 is 21.5 Å². The molecule has 0 spiro atoms. The van der Waals surface area contributed by atoms with Crippen molar-refractivity contribution in [2.24, 2.45) is 11.5 Å². The van der Waals surface area contributed by atoms with Crippen molar-refractivity contribution in [3.8, 4) is 5.75 Å². The van der Waals surface area contributed by atoms with Crippen LogP contribution in [0.1, 0.15) is 5.56 Å². The molecule has 5 nitrogen and oxygen atoms in total. The van der Waals surface area contributed by atoms with Crippen LogP contribution in [-0.4, -0.2) is 25.6 Å². The molecule has 0 aliphatic heterocycles. The summed E-state index contributed by atoms with van der Waals surface area (Å²) >= 11 is 0. The standard InChI is InChI=1S/C11H17N3O2/c1-16-9-4-2-8(3-5-9)6-14-7-10(12)11(13)15/h2-5,10,14H,6-7,12H2,1H3,(H2,13,15). The van der Waals surface area contributed by atoms with Gasteiger partial charge in [-0.15, -0.1) is 0 Å². The fourth-order valence-corrected chi connectivity index (χ4v) is 1.22.